The first-order chi connectivity index (χ1) is 17.0. The van der Waals surface area contributed by atoms with Gasteiger partial charge in [0.15, 0.2) is 0 Å². The highest BCUT2D eigenvalue weighted by molar-refractivity contribution is 7.90. The molecule has 7 atom stereocenters. The van der Waals surface area contributed by atoms with E-state index in [2.05, 4.69) is 15.0 Å². The zero-order valence-electron chi connectivity index (χ0n) is 21.8. The predicted molar refractivity (Wildman–Crippen MR) is 142 cm³/mol. The molecule has 1 fully saturated rings. The van der Waals surface area contributed by atoms with Gasteiger partial charge in [-0.05, 0) is 49.0 Å². The molecule has 11 heteroatoms. The monoisotopic (exact) mass is 525 g/mol. The number of hydrogen-bond donors (Lipinski definition) is 5. The summed E-state index contributed by atoms with van der Waals surface area (Å²) in [6, 6.07) is 8.94. The summed E-state index contributed by atoms with van der Waals surface area (Å²) in [4.78, 5) is 16.3. The molecule has 1 saturated carbocycles. The molecule has 0 radical (unpaired) electrons. The Hall–Kier alpha value is -2.21. The maximum atomic E-state index is 13.0. The minimum Gasteiger partial charge on any atom is -0.382 e. The lowest BCUT2D eigenvalue weighted by molar-refractivity contribution is -0.130. The molecule has 1 aromatic carbocycles. The fraction of sp³-hybridized carbons (Fsp3) is 0.680. The fourth-order valence-electron chi connectivity index (χ4n) is 4.97. The van der Waals surface area contributed by atoms with Crippen molar-refractivity contribution in [1.29, 1.82) is 0 Å². The summed E-state index contributed by atoms with van der Waals surface area (Å²) in [5.74, 6) is -0.806. The van der Waals surface area contributed by atoms with E-state index in [9.17, 15) is 18.3 Å². The van der Waals surface area contributed by atoms with Crippen molar-refractivity contribution in [3.63, 3.8) is 0 Å². The fourth-order valence-corrected chi connectivity index (χ4v) is 7.00. The normalized spacial score (nSPS) is 26.7. The number of guanidine groups is 1. The van der Waals surface area contributed by atoms with Gasteiger partial charge in [0, 0.05) is 26.2 Å². The van der Waals surface area contributed by atoms with Gasteiger partial charge >= 0.3 is 0 Å². The van der Waals surface area contributed by atoms with Crippen LogP contribution < -0.4 is 21.5 Å². The topological polar surface area (TPSA) is 169 Å². The quantitative estimate of drug-likeness (QED) is 0.152. The van der Waals surface area contributed by atoms with E-state index in [-0.39, 0.29) is 36.4 Å². The van der Waals surface area contributed by atoms with E-state index in [1.54, 1.807) is 7.11 Å². The Morgan fingerprint density at radius 1 is 1.22 bits per heavy atom. The molecule has 2 rings (SSSR count). The van der Waals surface area contributed by atoms with Gasteiger partial charge in [-0.2, -0.15) is 0 Å². The van der Waals surface area contributed by atoms with Crippen LogP contribution in [0.2, 0.25) is 0 Å². The number of aliphatic hydroxyl groups is 1. The van der Waals surface area contributed by atoms with Crippen LogP contribution in [0, 0.1) is 17.8 Å². The Morgan fingerprint density at radius 2 is 1.89 bits per heavy atom. The zero-order chi connectivity index (χ0) is 26.9. The lowest BCUT2D eigenvalue weighted by Gasteiger charge is -2.42. The van der Waals surface area contributed by atoms with E-state index in [4.69, 9.17) is 16.2 Å². The number of rotatable bonds is 12. The summed E-state index contributed by atoms with van der Waals surface area (Å²) in [7, 11) is -2.08. The van der Waals surface area contributed by atoms with E-state index in [0.717, 1.165) is 5.56 Å². The van der Waals surface area contributed by atoms with Crippen molar-refractivity contribution >= 4 is 21.9 Å². The summed E-state index contributed by atoms with van der Waals surface area (Å²) in [6.07, 6.45) is 0.753. The van der Waals surface area contributed by atoms with Gasteiger partial charge in [-0.15, -0.1) is 0 Å². The Labute approximate surface area is 215 Å². The highest BCUT2D eigenvalue weighted by atomic mass is 32.2. The van der Waals surface area contributed by atoms with Crippen LogP contribution in [0.15, 0.2) is 35.3 Å². The Bertz CT molecular complexity index is 959. The van der Waals surface area contributed by atoms with Gasteiger partial charge in [-0.1, -0.05) is 51.1 Å². The first-order valence-electron chi connectivity index (χ1n) is 12.6. The second kappa shape index (κ2) is 13.9. The number of nitrogens with one attached hydrogen (secondary N) is 2. The number of hydrogen-bond acceptors (Lipinski definition) is 7. The summed E-state index contributed by atoms with van der Waals surface area (Å²) in [6.45, 7) is 6.45. The van der Waals surface area contributed by atoms with Gasteiger partial charge in [-0.25, -0.2) is 8.42 Å². The number of methoxy groups -OCH3 is 1. The third kappa shape index (κ3) is 8.43. The molecule has 0 heterocycles. The Morgan fingerprint density at radius 3 is 2.53 bits per heavy atom. The summed E-state index contributed by atoms with van der Waals surface area (Å²) in [5, 5.41) is 12.3. The highest BCUT2D eigenvalue weighted by Gasteiger charge is 2.45. The molecule has 7 N–H and O–H groups in total. The van der Waals surface area contributed by atoms with Gasteiger partial charge in [0.05, 0.1) is 11.4 Å². The number of amides is 1. The minimum atomic E-state index is -3.73. The molecule has 204 valence electrons. The third-order valence-electron chi connectivity index (χ3n) is 7.21. The number of nitrogens with two attached hydrogens (primary N) is 2. The number of sulfonamides is 1. The first-order valence-corrected chi connectivity index (χ1v) is 14.1. The maximum Gasteiger partial charge on any atom is 0.250 e. The number of aliphatic hydroxyl groups excluding tert-OH is 1. The SMILES string of the molecule is COC1CC(C)C(S(=O)(=O)NC(N)=NCCC[C@H](N)C(O)C(=O)NCCc2ccccc2)C(C)C1C. The van der Waals surface area contributed by atoms with Gasteiger partial charge in [-0.3, -0.25) is 14.5 Å². The van der Waals surface area contributed by atoms with Crippen molar-refractivity contribution in [3.8, 4) is 0 Å². The van der Waals surface area contributed by atoms with Gasteiger partial charge in [0.1, 0.15) is 6.10 Å². The lowest BCUT2D eigenvalue weighted by atomic mass is 9.74. The number of aliphatic imine (C=N–C) groups is 1. The second-order valence-electron chi connectivity index (χ2n) is 9.86. The average molecular weight is 526 g/mol. The summed E-state index contributed by atoms with van der Waals surface area (Å²) < 4.78 is 34.0. The smallest absolute Gasteiger partial charge is 0.250 e. The molecule has 1 aliphatic carbocycles. The van der Waals surface area contributed by atoms with Crippen molar-refractivity contribution in [2.24, 2.45) is 34.2 Å². The second-order valence-corrected chi connectivity index (χ2v) is 11.7. The number of ether oxygens (including phenoxy) is 1. The Balaban J connectivity index is 1.77. The largest absolute Gasteiger partial charge is 0.382 e. The third-order valence-corrected chi connectivity index (χ3v) is 9.32. The van der Waals surface area contributed by atoms with Crippen LogP contribution in [0.5, 0.6) is 0 Å². The molecular formula is C25H43N5O5S. The lowest BCUT2D eigenvalue weighted by Crippen LogP contribution is -2.53. The van der Waals surface area contributed by atoms with Crippen molar-refractivity contribution in [2.75, 3.05) is 20.2 Å². The van der Waals surface area contributed by atoms with E-state index >= 15 is 0 Å². The van der Waals surface area contributed by atoms with Crippen molar-refractivity contribution in [3.05, 3.63) is 35.9 Å². The highest BCUT2D eigenvalue weighted by Crippen LogP contribution is 2.38. The van der Waals surface area contributed by atoms with Crippen LogP contribution in [0.1, 0.15) is 45.6 Å². The van der Waals surface area contributed by atoms with Crippen molar-refractivity contribution < 1.29 is 23.1 Å². The number of benzene rings is 1. The Kier molecular flexibility index (Phi) is 11.6. The zero-order valence-corrected chi connectivity index (χ0v) is 22.6. The molecule has 10 nitrogen and oxygen atoms in total. The predicted octanol–water partition coefficient (Wildman–Crippen LogP) is 0.743. The summed E-state index contributed by atoms with van der Waals surface area (Å²) >= 11 is 0. The molecule has 0 bridgehead atoms. The number of nitrogens with zero attached hydrogens (tertiary/aromatic N) is 1. The number of carbonyl (C=O) groups is 1. The standard InChI is InChI=1S/C25H43N5O5S/c1-16-15-21(35-4)17(2)18(3)23(16)36(33,34)30-25(27)29-13-8-11-20(26)22(31)24(32)28-14-12-19-9-6-5-7-10-19/h5-7,9-10,16-18,20-23,31H,8,11-15,26H2,1-4H3,(H,28,32)(H3,27,29,30)/t16?,17?,18?,20-,21?,22?,23?/m0/s1. The van der Waals surface area contributed by atoms with Crippen LogP contribution in [0.4, 0.5) is 0 Å². The molecule has 0 aromatic heterocycles. The van der Waals surface area contributed by atoms with Crippen molar-refractivity contribution in [2.45, 2.75) is 70.0 Å². The molecule has 1 amide bonds. The summed E-state index contributed by atoms with van der Waals surface area (Å²) in [5.41, 5.74) is 12.9. The number of carbonyl (C=O) groups excluding carboxylic acids is 1. The molecular weight excluding hydrogens is 482 g/mol. The molecule has 0 aliphatic heterocycles. The molecule has 1 aromatic rings. The molecule has 1 aliphatic rings. The van der Waals surface area contributed by atoms with Crippen molar-refractivity contribution in [1.82, 2.24) is 10.0 Å². The van der Waals surface area contributed by atoms with Gasteiger partial charge in [0.2, 0.25) is 21.9 Å². The minimum absolute atomic E-state index is 0.0259. The first kappa shape index (κ1) is 30.0. The van der Waals surface area contributed by atoms with Crippen LogP contribution in [-0.2, 0) is 26.0 Å². The van der Waals surface area contributed by atoms with Crippen LogP contribution in [0.25, 0.3) is 0 Å². The molecule has 0 spiro atoms. The van der Waals surface area contributed by atoms with Gasteiger partial charge in [0.25, 0.3) is 0 Å². The van der Waals surface area contributed by atoms with E-state index in [0.29, 0.717) is 32.2 Å². The molecule has 36 heavy (non-hydrogen) atoms. The van der Waals surface area contributed by atoms with Crippen LogP contribution in [-0.4, -0.2) is 69.1 Å². The van der Waals surface area contributed by atoms with E-state index in [1.165, 1.54) is 0 Å². The molecule has 0 saturated heterocycles. The van der Waals surface area contributed by atoms with E-state index in [1.807, 2.05) is 51.1 Å². The van der Waals surface area contributed by atoms with Crippen LogP contribution >= 0.6 is 0 Å². The maximum absolute atomic E-state index is 13.0. The van der Waals surface area contributed by atoms with E-state index < -0.39 is 33.3 Å². The van der Waals surface area contributed by atoms with Gasteiger partial charge < -0.3 is 26.6 Å². The van der Waals surface area contributed by atoms with Crippen LogP contribution in [0.3, 0.4) is 0 Å². The molecule has 6 unspecified atom stereocenters. The average Bonchev–Trinajstić information content (AvgIpc) is 2.83.